The van der Waals surface area contributed by atoms with E-state index in [-0.39, 0.29) is 55.6 Å². The smallest absolute Gasteiger partial charge is 0.325 e. The second kappa shape index (κ2) is 13.4. The molecule has 1 aliphatic heterocycles. The van der Waals surface area contributed by atoms with E-state index < -0.39 is 35.3 Å². The van der Waals surface area contributed by atoms with Crippen molar-refractivity contribution in [1.82, 2.24) is 10.2 Å². The topological polar surface area (TPSA) is 99.2 Å². The minimum absolute atomic E-state index is 0.122. The molecule has 10 heteroatoms. The Morgan fingerprint density at radius 2 is 1.76 bits per heavy atom. The van der Waals surface area contributed by atoms with Crippen LogP contribution < -0.4 is 10.2 Å². The predicted octanol–water partition coefficient (Wildman–Crippen LogP) is 4.25. The summed E-state index contributed by atoms with van der Waals surface area (Å²) in [5.74, 6) is -2.64. The molecule has 41 heavy (non-hydrogen) atoms. The third-order valence-electron chi connectivity index (χ3n) is 7.42. The Balaban J connectivity index is 2.15. The van der Waals surface area contributed by atoms with Crippen molar-refractivity contribution in [2.24, 2.45) is 0 Å². The molecular weight excluding hydrogens is 532 g/mol. The lowest BCUT2D eigenvalue weighted by Crippen LogP contribution is -2.59. The average Bonchev–Trinajstić information content (AvgIpc) is 2.87. The zero-order valence-corrected chi connectivity index (χ0v) is 24.6. The third-order valence-corrected chi connectivity index (χ3v) is 7.42. The third kappa shape index (κ3) is 8.03. The number of carbonyl (C=O) groups is 3. The van der Waals surface area contributed by atoms with Crippen LogP contribution in [0.5, 0.6) is 0 Å². The molecular formula is C31H41F2N3O5. The first-order valence-corrected chi connectivity index (χ1v) is 14.0. The lowest BCUT2D eigenvalue weighted by Gasteiger charge is -2.50. The maximum Gasteiger partial charge on any atom is 0.325 e. The van der Waals surface area contributed by atoms with Crippen LogP contribution in [0.4, 0.5) is 14.5 Å². The van der Waals surface area contributed by atoms with Crippen molar-refractivity contribution in [2.75, 3.05) is 24.5 Å². The van der Waals surface area contributed by atoms with E-state index in [9.17, 15) is 28.3 Å². The van der Waals surface area contributed by atoms with E-state index in [0.717, 1.165) is 17.2 Å². The summed E-state index contributed by atoms with van der Waals surface area (Å²) in [6.07, 6.45) is -1.30. The number of hydrogen-bond donors (Lipinski definition) is 2. The Morgan fingerprint density at radius 1 is 1.10 bits per heavy atom. The number of anilines is 1. The maximum atomic E-state index is 14.6. The van der Waals surface area contributed by atoms with Crippen LogP contribution in [-0.4, -0.2) is 65.7 Å². The number of rotatable bonds is 11. The van der Waals surface area contributed by atoms with Gasteiger partial charge in [-0.25, -0.2) is 8.78 Å². The Bertz CT molecular complexity index is 1230. The van der Waals surface area contributed by atoms with Crippen LogP contribution in [0, 0.1) is 11.6 Å². The highest BCUT2D eigenvalue weighted by Crippen LogP contribution is 2.43. The van der Waals surface area contributed by atoms with Gasteiger partial charge in [0, 0.05) is 31.8 Å². The van der Waals surface area contributed by atoms with Gasteiger partial charge in [-0.3, -0.25) is 14.4 Å². The largest absolute Gasteiger partial charge is 0.462 e. The van der Waals surface area contributed by atoms with Crippen LogP contribution in [0.15, 0.2) is 42.5 Å². The zero-order chi connectivity index (χ0) is 30.5. The van der Waals surface area contributed by atoms with Gasteiger partial charge < -0.3 is 25.0 Å². The minimum Gasteiger partial charge on any atom is -0.462 e. The van der Waals surface area contributed by atoms with Crippen molar-refractivity contribution in [1.29, 1.82) is 0 Å². The molecule has 0 aromatic heterocycles. The van der Waals surface area contributed by atoms with Gasteiger partial charge in [0.15, 0.2) is 0 Å². The van der Waals surface area contributed by atoms with Crippen molar-refractivity contribution < 1.29 is 33.0 Å². The van der Waals surface area contributed by atoms with Gasteiger partial charge in [0.1, 0.15) is 18.2 Å². The number of aliphatic hydroxyl groups is 1. The van der Waals surface area contributed by atoms with Gasteiger partial charge in [-0.2, -0.15) is 0 Å². The molecule has 1 unspecified atom stereocenters. The van der Waals surface area contributed by atoms with Crippen LogP contribution in [-0.2, 0) is 24.7 Å². The van der Waals surface area contributed by atoms with Crippen LogP contribution in [0.3, 0.4) is 0 Å². The monoisotopic (exact) mass is 573 g/mol. The summed E-state index contributed by atoms with van der Waals surface area (Å²) in [7, 11) is 0. The molecule has 0 bridgehead atoms. The van der Waals surface area contributed by atoms with Crippen LogP contribution in [0.1, 0.15) is 71.4 Å². The van der Waals surface area contributed by atoms with Crippen molar-refractivity contribution >= 4 is 23.5 Å². The summed E-state index contributed by atoms with van der Waals surface area (Å²) in [5, 5.41) is 13.9. The fourth-order valence-corrected chi connectivity index (χ4v) is 5.32. The molecule has 3 atom stereocenters. The molecule has 2 aromatic rings. The van der Waals surface area contributed by atoms with E-state index in [4.69, 9.17) is 4.74 Å². The molecule has 0 aliphatic carbocycles. The molecule has 0 saturated carbocycles. The standard InChI is InChI=1S/C31H41F2N3O5/c1-19(2)23-8-7-9-24(12-23)31(10-11-35(29(39)16-31)18-30(40)41-20(3)4)36(17-28(38)21(5)34-22(6)37)27-14-25(32)13-26(33)15-27/h7-9,12-15,19-21,28,38H,10-11,16-18H2,1-6H3,(H,34,37)/t21-,28+,31?/m0/s1. The fraction of sp³-hybridized carbons (Fsp3) is 0.516. The van der Waals surface area contributed by atoms with Gasteiger partial charge in [-0.15, -0.1) is 0 Å². The molecule has 224 valence electrons. The van der Waals surface area contributed by atoms with E-state index in [1.54, 1.807) is 25.7 Å². The average molecular weight is 574 g/mol. The second-order valence-corrected chi connectivity index (χ2v) is 11.4. The molecule has 1 aliphatic rings. The number of carbonyl (C=O) groups excluding carboxylic acids is 3. The molecule has 8 nitrogen and oxygen atoms in total. The minimum atomic E-state index is -1.15. The molecule has 1 heterocycles. The van der Waals surface area contributed by atoms with Gasteiger partial charge in [0.25, 0.3) is 0 Å². The Labute approximate surface area is 240 Å². The van der Waals surface area contributed by atoms with Crippen LogP contribution in [0.25, 0.3) is 0 Å². The fourth-order valence-electron chi connectivity index (χ4n) is 5.32. The van der Waals surface area contributed by atoms with E-state index in [2.05, 4.69) is 5.32 Å². The molecule has 1 fully saturated rings. The van der Waals surface area contributed by atoms with Crippen LogP contribution >= 0.6 is 0 Å². The predicted molar refractivity (Wildman–Crippen MR) is 152 cm³/mol. The number of ether oxygens (including phenoxy) is 1. The summed E-state index contributed by atoms with van der Waals surface area (Å²) in [6, 6.07) is 10.1. The quantitative estimate of drug-likeness (QED) is 0.390. The summed E-state index contributed by atoms with van der Waals surface area (Å²) < 4.78 is 34.4. The van der Waals surface area contributed by atoms with Crippen molar-refractivity contribution in [3.8, 4) is 0 Å². The first-order chi connectivity index (χ1) is 19.2. The van der Waals surface area contributed by atoms with E-state index in [1.165, 1.54) is 24.0 Å². The number of aliphatic hydroxyl groups excluding tert-OH is 1. The number of nitrogens with zero attached hydrogens (tertiary/aromatic N) is 2. The van der Waals surface area contributed by atoms with Gasteiger partial charge in [-0.05, 0) is 56.4 Å². The molecule has 2 amide bonds. The highest BCUT2D eigenvalue weighted by Gasteiger charge is 2.46. The van der Waals surface area contributed by atoms with Crippen LogP contribution in [0.2, 0.25) is 0 Å². The van der Waals surface area contributed by atoms with Crippen molar-refractivity contribution in [3.63, 3.8) is 0 Å². The number of nitrogens with one attached hydrogen (secondary N) is 1. The number of esters is 1. The lowest BCUT2D eigenvalue weighted by molar-refractivity contribution is -0.154. The van der Waals surface area contributed by atoms with Gasteiger partial charge >= 0.3 is 5.97 Å². The van der Waals surface area contributed by atoms with Crippen molar-refractivity contribution in [3.05, 3.63) is 65.2 Å². The number of benzene rings is 2. The normalized spacial score (nSPS) is 18.8. The number of hydrogen-bond acceptors (Lipinski definition) is 6. The molecule has 2 aromatic carbocycles. The highest BCUT2D eigenvalue weighted by molar-refractivity contribution is 5.84. The van der Waals surface area contributed by atoms with E-state index in [0.29, 0.717) is 6.42 Å². The maximum absolute atomic E-state index is 14.6. The summed E-state index contributed by atoms with van der Waals surface area (Å²) >= 11 is 0. The summed E-state index contributed by atoms with van der Waals surface area (Å²) in [5.41, 5.74) is 0.768. The molecule has 0 radical (unpaired) electrons. The molecule has 2 N–H and O–H groups in total. The number of halogens is 2. The van der Waals surface area contributed by atoms with E-state index in [1.807, 2.05) is 38.1 Å². The Hall–Kier alpha value is -3.53. The number of amides is 2. The summed E-state index contributed by atoms with van der Waals surface area (Å²) in [4.78, 5) is 40.9. The molecule has 0 spiro atoms. The Kier molecular flexibility index (Phi) is 10.5. The first-order valence-electron chi connectivity index (χ1n) is 14.0. The molecule has 3 rings (SSSR count). The number of likely N-dealkylation sites (tertiary alicyclic amines) is 1. The van der Waals surface area contributed by atoms with E-state index >= 15 is 0 Å². The van der Waals surface area contributed by atoms with Gasteiger partial charge in [0.2, 0.25) is 11.8 Å². The first kappa shape index (κ1) is 32.0. The SMILES string of the molecule is CC(=O)N[C@@H](C)[C@H](O)CN(c1cc(F)cc(F)c1)C1(c2cccc(C(C)C)c2)CCN(CC(=O)OC(C)C)C(=O)C1. The van der Waals surface area contributed by atoms with Crippen molar-refractivity contribution in [2.45, 2.75) is 84.1 Å². The summed E-state index contributed by atoms with van der Waals surface area (Å²) in [6.45, 7) is 10.3. The van der Waals surface area contributed by atoms with Gasteiger partial charge in [-0.1, -0.05) is 38.1 Å². The zero-order valence-electron chi connectivity index (χ0n) is 24.6. The molecule has 1 saturated heterocycles. The Morgan fingerprint density at radius 3 is 2.32 bits per heavy atom. The number of piperidine rings is 1. The lowest BCUT2D eigenvalue weighted by atomic mass is 9.77. The van der Waals surface area contributed by atoms with Gasteiger partial charge in [0.05, 0.1) is 30.2 Å². The highest BCUT2D eigenvalue weighted by atomic mass is 19.1. The second-order valence-electron chi connectivity index (χ2n) is 11.4.